The quantitative estimate of drug-likeness (QED) is 0.441. The lowest BCUT2D eigenvalue weighted by atomic mass is 10.0. The van der Waals surface area contributed by atoms with E-state index < -0.39 is 35.0 Å². The van der Waals surface area contributed by atoms with Gasteiger partial charge in [-0.25, -0.2) is 0 Å². The average molecular weight is 316 g/mol. The van der Waals surface area contributed by atoms with E-state index in [2.05, 4.69) is 0 Å². The highest BCUT2D eigenvalue weighted by molar-refractivity contribution is 5.95. The van der Waals surface area contributed by atoms with Gasteiger partial charge in [0.1, 0.15) is 11.2 Å². The number of hydrogen-bond acceptors (Lipinski definition) is 5. The minimum Gasteiger partial charge on any atom is -0.481 e. The number of carboxylic acid groups (broad SMARTS) is 1. The molecule has 6 heteroatoms. The fourth-order valence-electron chi connectivity index (χ4n) is 1.70. The minimum absolute atomic E-state index is 0.00928. The molecule has 0 fully saturated rings. The van der Waals surface area contributed by atoms with E-state index in [0.29, 0.717) is 12.8 Å². The molecule has 0 radical (unpaired) electrons. The van der Waals surface area contributed by atoms with Crippen molar-refractivity contribution in [3.63, 3.8) is 0 Å². The summed E-state index contributed by atoms with van der Waals surface area (Å²) in [5.41, 5.74) is -1.39. The molecule has 1 N–H and O–H groups in total. The Hall–Kier alpha value is -1.59. The van der Waals surface area contributed by atoms with Crippen LogP contribution in [0.2, 0.25) is 0 Å². The number of carboxylic acids is 1. The van der Waals surface area contributed by atoms with Crippen molar-refractivity contribution in [1.82, 2.24) is 0 Å². The third kappa shape index (κ3) is 10.2. The summed E-state index contributed by atoms with van der Waals surface area (Å²) in [7, 11) is 0. The highest BCUT2D eigenvalue weighted by Gasteiger charge is 2.34. The van der Waals surface area contributed by atoms with E-state index in [9.17, 15) is 14.4 Å². The number of unbranched alkanes of at least 4 members (excludes halogenated alkanes) is 1. The Morgan fingerprint density at radius 2 is 1.27 bits per heavy atom. The highest BCUT2D eigenvalue weighted by atomic mass is 16.6. The highest BCUT2D eigenvalue weighted by Crippen LogP contribution is 2.20. The summed E-state index contributed by atoms with van der Waals surface area (Å²) in [6.07, 6.45) is 1.07. The Morgan fingerprint density at radius 3 is 1.59 bits per heavy atom. The summed E-state index contributed by atoms with van der Waals surface area (Å²) >= 11 is 0. The van der Waals surface area contributed by atoms with Gasteiger partial charge in [-0.05, 0) is 54.4 Å². The number of rotatable bonds is 7. The largest absolute Gasteiger partial charge is 0.481 e. The van der Waals surface area contributed by atoms with E-state index in [4.69, 9.17) is 14.6 Å². The molecular weight excluding hydrogens is 288 g/mol. The first-order valence-corrected chi connectivity index (χ1v) is 7.49. The second-order valence-electron chi connectivity index (χ2n) is 7.26. The maximum atomic E-state index is 12.2. The van der Waals surface area contributed by atoms with Crippen molar-refractivity contribution in [2.24, 2.45) is 5.92 Å². The first-order chi connectivity index (χ1) is 9.82. The molecule has 0 saturated carbocycles. The van der Waals surface area contributed by atoms with Crippen molar-refractivity contribution in [3.8, 4) is 0 Å². The molecule has 0 spiro atoms. The normalized spacial score (nSPS) is 12.1. The first-order valence-electron chi connectivity index (χ1n) is 7.49. The van der Waals surface area contributed by atoms with Crippen LogP contribution in [0.3, 0.4) is 0 Å². The molecular formula is C16H28O6. The maximum Gasteiger partial charge on any atom is 0.320 e. The van der Waals surface area contributed by atoms with Crippen molar-refractivity contribution >= 4 is 17.9 Å². The van der Waals surface area contributed by atoms with Crippen LogP contribution in [0.15, 0.2) is 0 Å². The molecule has 0 aliphatic rings. The molecule has 0 rings (SSSR count). The van der Waals surface area contributed by atoms with E-state index >= 15 is 0 Å². The Balaban J connectivity index is 4.79. The van der Waals surface area contributed by atoms with Gasteiger partial charge in [0.25, 0.3) is 0 Å². The molecule has 0 aromatic heterocycles. The van der Waals surface area contributed by atoms with Crippen LogP contribution in [0.1, 0.15) is 67.2 Å². The lowest BCUT2D eigenvalue weighted by Crippen LogP contribution is -2.36. The molecule has 22 heavy (non-hydrogen) atoms. The van der Waals surface area contributed by atoms with Crippen molar-refractivity contribution in [2.75, 3.05) is 0 Å². The van der Waals surface area contributed by atoms with Crippen LogP contribution in [0, 0.1) is 5.92 Å². The van der Waals surface area contributed by atoms with E-state index in [1.54, 1.807) is 41.5 Å². The number of carbonyl (C=O) groups is 3. The molecule has 0 bridgehead atoms. The summed E-state index contributed by atoms with van der Waals surface area (Å²) in [5, 5.41) is 8.62. The third-order valence-corrected chi connectivity index (χ3v) is 2.52. The molecule has 0 atom stereocenters. The van der Waals surface area contributed by atoms with Crippen LogP contribution < -0.4 is 0 Å². The molecule has 128 valence electrons. The Labute approximate surface area is 132 Å². The zero-order chi connectivity index (χ0) is 17.6. The van der Waals surface area contributed by atoms with E-state index in [0.717, 1.165) is 0 Å². The average Bonchev–Trinajstić information content (AvgIpc) is 2.22. The predicted molar refractivity (Wildman–Crippen MR) is 81.3 cm³/mol. The van der Waals surface area contributed by atoms with Crippen LogP contribution in [0.4, 0.5) is 0 Å². The van der Waals surface area contributed by atoms with Crippen molar-refractivity contribution in [3.05, 3.63) is 0 Å². The van der Waals surface area contributed by atoms with Crippen molar-refractivity contribution in [1.29, 1.82) is 0 Å². The Morgan fingerprint density at radius 1 is 0.864 bits per heavy atom. The smallest absolute Gasteiger partial charge is 0.320 e. The van der Waals surface area contributed by atoms with Crippen LogP contribution in [0.5, 0.6) is 0 Å². The van der Waals surface area contributed by atoms with Gasteiger partial charge in [-0.15, -0.1) is 0 Å². The summed E-state index contributed by atoms with van der Waals surface area (Å²) in [6.45, 7) is 10.3. The molecule has 0 aromatic carbocycles. The van der Waals surface area contributed by atoms with Crippen LogP contribution in [0.25, 0.3) is 0 Å². The van der Waals surface area contributed by atoms with Gasteiger partial charge in [0, 0.05) is 6.42 Å². The van der Waals surface area contributed by atoms with Gasteiger partial charge in [0.05, 0.1) is 0 Å². The number of aliphatic carboxylic acids is 1. The van der Waals surface area contributed by atoms with Gasteiger partial charge in [-0.3, -0.25) is 14.4 Å². The summed E-state index contributed by atoms with van der Waals surface area (Å²) in [5.74, 6) is -3.17. The molecule has 0 aliphatic heterocycles. The number of carbonyl (C=O) groups excluding carboxylic acids is 2. The number of hydrogen-bond donors (Lipinski definition) is 1. The lowest BCUT2D eigenvalue weighted by molar-refractivity contribution is -0.174. The predicted octanol–water partition coefficient (Wildman–Crippen LogP) is 2.93. The van der Waals surface area contributed by atoms with Gasteiger partial charge >= 0.3 is 17.9 Å². The molecule has 0 heterocycles. The molecule has 0 aromatic rings. The molecule has 6 nitrogen and oxygen atoms in total. The molecule has 0 amide bonds. The monoisotopic (exact) mass is 316 g/mol. The van der Waals surface area contributed by atoms with Gasteiger partial charge in [-0.2, -0.15) is 0 Å². The number of esters is 2. The Kier molecular flexibility index (Phi) is 7.56. The van der Waals surface area contributed by atoms with Crippen LogP contribution >= 0.6 is 0 Å². The summed E-state index contributed by atoms with van der Waals surface area (Å²) < 4.78 is 10.5. The lowest BCUT2D eigenvalue weighted by Gasteiger charge is -2.26. The van der Waals surface area contributed by atoms with Gasteiger partial charge in [0.2, 0.25) is 0 Å². The van der Waals surface area contributed by atoms with Gasteiger partial charge in [-0.1, -0.05) is 6.42 Å². The molecule has 0 unspecified atom stereocenters. The zero-order valence-corrected chi connectivity index (χ0v) is 14.4. The molecule has 0 aliphatic carbocycles. The fraction of sp³-hybridized carbons (Fsp3) is 0.812. The summed E-state index contributed by atoms with van der Waals surface area (Å²) in [6, 6.07) is 0. The number of ether oxygens (including phenoxy) is 2. The zero-order valence-electron chi connectivity index (χ0n) is 14.4. The summed E-state index contributed by atoms with van der Waals surface area (Å²) in [4.78, 5) is 34.9. The fourth-order valence-corrected chi connectivity index (χ4v) is 1.70. The SMILES string of the molecule is CC(C)(C)OC(=O)C(CCCCC(=O)O)C(=O)OC(C)(C)C. The first kappa shape index (κ1) is 20.4. The van der Waals surface area contributed by atoms with Gasteiger partial charge < -0.3 is 14.6 Å². The van der Waals surface area contributed by atoms with E-state index in [1.807, 2.05) is 0 Å². The van der Waals surface area contributed by atoms with E-state index in [1.165, 1.54) is 0 Å². The third-order valence-electron chi connectivity index (χ3n) is 2.52. The van der Waals surface area contributed by atoms with Gasteiger partial charge in [0.15, 0.2) is 5.92 Å². The van der Waals surface area contributed by atoms with Crippen LogP contribution in [-0.4, -0.2) is 34.2 Å². The van der Waals surface area contributed by atoms with Crippen molar-refractivity contribution in [2.45, 2.75) is 78.4 Å². The van der Waals surface area contributed by atoms with Crippen LogP contribution in [-0.2, 0) is 23.9 Å². The van der Waals surface area contributed by atoms with Crippen molar-refractivity contribution < 1.29 is 29.0 Å². The Bertz CT molecular complexity index is 372. The topological polar surface area (TPSA) is 89.9 Å². The second-order valence-corrected chi connectivity index (χ2v) is 7.26. The maximum absolute atomic E-state index is 12.2. The van der Waals surface area contributed by atoms with E-state index in [-0.39, 0.29) is 12.8 Å². The minimum atomic E-state index is -1.02. The second kappa shape index (κ2) is 8.15. The standard InChI is InChI=1S/C16H28O6/c1-15(2,3)21-13(19)11(9-7-8-10-12(17)18)14(20)22-16(4,5)6/h11H,7-10H2,1-6H3,(H,17,18). The molecule has 0 saturated heterocycles.